The Labute approximate surface area is 124 Å². The predicted molar refractivity (Wildman–Crippen MR) is 78.4 cm³/mol. The molecule has 120 valence electrons. The third-order valence-electron chi connectivity index (χ3n) is 3.20. The normalized spacial score (nSPS) is 13.7. The van der Waals surface area contributed by atoms with Gasteiger partial charge in [-0.1, -0.05) is 45.0 Å². The van der Waals surface area contributed by atoms with Crippen molar-refractivity contribution in [1.82, 2.24) is 5.32 Å². The SMILES string of the molecule is CCCNC(COCC(F)(F)F)c1ccc(C(C)C)cc1. The highest BCUT2D eigenvalue weighted by atomic mass is 19.4. The van der Waals surface area contributed by atoms with E-state index < -0.39 is 12.8 Å². The zero-order valence-corrected chi connectivity index (χ0v) is 12.8. The maximum absolute atomic E-state index is 12.2. The molecule has 1 rings (SSSR count). The Bertz CT molecular complexity index is 401. The van der Waals surface area contributed by atoms with Crippen molar-refractivity contribution in [3.63, 3.8) is 0 Å². The Morgan fingerprint density at radius 3 is 2.14 bits per heavy atom. The van der Waals surface area contributed by atoms with Gasteiger partial charge >= 0.3 is 6.18 Å². The van der Waals surface area contributed by atoms with Crippen molar-refractivity contribution in [3.8, 4) is 0 Å². The van der Waals surface area contributed by atoms with Gasteiger partial charge in [-0.15, -0.1) is 0 Å². The maximum Gasteiger partial charge on any atom is 0.411 e. The minimum absolute atomic E-state index is 0.0144. The largest absolute Gasteiger partial charge is 0.411 e. The first-order chi connectivity index (χ1) is 9.83. The molecule has 21 heavy (non-hydrogen) atoms. The second-order valence-corrected chi connectivity index (χ2v) is 5.46. The number of benzene rings is 1. The van der Waals surface area contributed by atoms with Crippen LogP contribution in [0.2, 0.25) is 0 Å². The van der Waals surface area contributed by atoms with E-state index in [1.807, 2.05) is 31.2 Å². The van der Waals surface area contributed by atoms with Gasteiger partial charge in [-0.3, -0.25) is 0 Å². The lowest BCUT2D eigenvalue weighted by molar-refractivity contribution is -0.175. The van der Waals surface area contributed by atoms with Gasteiger partial charge in [0.25, 0.3) is 0 Å². The smallest absolute Gasteiger partial charge is 0.370 e. The lowest BCUT2D eigenvalue weighted by Gasteiger charge is -2.20. The molecule has 0 bridgehead atoms. The summed E-state index contributed by atoms with van der Waals surface area (Å²) in [5.74, 6) is 0.433. The molecule has 1 N–H and O–H groups in total. The predicted octanol–water partition coefficient (Wildman–Crippen LogP) is 4.43. The highest BCUT2D eigenvalue weighted by Crippen LogP contribution is 2.20. The van der Waals surface area contributed by atoms with Crippen LogP contribution in [0.4, 0.5) is 13.2 Å². The molecule has 2 nitrogen and oxygen atoms in total. The fourth-order valence-electron chi connectivity index (χ4n) is 2.00. The van der Waals surface area contributed by atoms with E-state index in [4.69, 9.17) is 4.74 Å². The third-order valence-corrected chi connectivity index (χ3v) is 3.20. The van der Waals surface area contributed by atoms with E-state index in [1.165, 1.54) is 5.56 Å². The highest BCUT2D eigenvalue weighted by molar-refractivity contribution is 5.27. The van der Waals surface area contributed by atoms with Crippen molar-refractivity contribution in [2.75, 3.05) is 19.8 Å². The molecule has 0 fully saturated rings. The van der Waals surface area contributed by atoms with Crippen LogP contribution in [0, 0.1) is 0 Å². The summed E-state index contributed by atoms with van der Waals surface area (Å²) in [7, 11) is 0. The Hall–Kier alpha value is -1.07. The van der Waals surface area contributed by atoms with Crippen LogP contribution in [0.15, 0.2) is 24.3 Å². The highest BCUT2D eigenvalue weighted by Gasteiger charge is 2.28. The van der Waals surface area contributed by atoms with Crippen molar-refractivity contribution in [1.29, 1.82) is 0 Å². The second kappa shape index (κ2) is 8.39. The summed E-state index contributed by atoms with van der Waals surface area (Å²) in [6.07, 6.45) is -3.36. The molecule has 0 aliphatic heterocycles. The summed E-state index contributed by atoms with van der Waals surface area (Å²) in [4.78, 5) is 0. The average molecular weight is 303 g/mol. The second-order valence-electron chi connectivity index (χ2n) is 5.46. The Kier molecular flexibility index (Phi) is 7.18. The molecule has 1 unspecified atom stereocenters. The molecule has 0 aromatic heterocycles. The number of hydrogen-bond donors (Lipinski definition) is 1. The number of rotatable bonds is 8. The van der Waals surface area contributed by atoms with Crippen molar-refractivity contribution in [2.24, 2.45) is 0 Å². The summed E-state index contributed by atoms with van der Waals surface area (Å²) in [6, 6.07) is 7.74. The van der Waals surface area contributed by atoms with Crippen LogP contribution in [-0.2, 0) is 4.74 Å². The molecule has 5 heteroatoms. The van der Waals surface area contributed by atoms with Crippen molar-refractivity contribution >= 4 is 0 Å². The monoisotopic (exact) mass is 303 g/mol. The molecule has 1 aromatic carbocycles. The molecule has 1 aromatic rings. The minimum Gasteiger partial charge on any atom is -0.370 e. The topological polar surface area (TPSA) is 21.3 Å². The zero-order valence-electron chi connectivity index (χ0n) is 12.8. The quantitative estimate of drug-likeness (QED) is 0.767. The van der Waals surface area contributed by atoms with Gasteiger partial charge in [-0.2, -0.15) is 13.2 Å². The van der Waals surface area contributed by atoms with E-state index in [-0.39, 0.29) is 12.6 Å². The number of hydrogen-bond acceptors (Lipinski definition) is 2. The van der Waals surface area contributed by atoms with Crippen LogP contribution in [-0.4, -0.2) is 25.9 Å². The molecule has 0 spiro atoms. The van der Waals surface area contributed by atoms with Gasteiger partial charge in [0, 0.05) is 0 Å². The first-order valence-corrected chi connectivity index (χ1v) is 7.31. The standard InChI is InChI=1S/C16H24F3NO/c1-4-9-20-15(10-21-11-16(17,18)19)14-7-5-13(6-8-14)12(2)3/h5-8,12,15,20H,4,9-11H2,1-3H3. The van der Waals surface area contributed by atoms with Crippen LogP contribution in [0.1, 0.15) is 50.3 Å². The van der Waals surface area contributed by atoms with Crippen LogP contribution >= 0.6 is 0 Å². The van der Waals surface area contributed by atoms with E-state index in [1.54, 1.807) is 0 Å². The summed E-state index contributed by atoms with van der Waals surface area (Å²) in [5.41, 5.74) is 2.17. The van der Waals surface area contributed by atoms with Gasteiger partial charge in [0.15, 0.2) is 0 Å². The van der Waals surface area contributed by atoms with E-state index in [0.717, 1.165) is 18.5 Å². The Morgan fingerprint density at radius 2 is 1.67 bits per heavy atom. The molecular formula is C16H24F3NO. The first-order valence-electron chi connectivity index (χ1n) is 7.31. The van der Waals surface area contributed by atoms with Gasteiger partial charge in [-0.05, 0) is 30.0 Å². The van der Waals surface area contributed by atoms with E-state index in [2.05, 4.69) is 19.2 Å². The van der Waals surface area contributed by atoms with Gasteiger partial charge in [0.1, 0.15) is 6.61 Å². The third kappa shape index (κ3) is 6.96. The number of ether oxygens (including phenoxy) is 1. The lowest BCUT2D eigenvalue weighted by Crippen LogP contribution is -2.28. The van der Waals surface area contributed by atoms with E-state index >= 15 is 0 Å². The molecule has 1 atom stereocenters. The summed E-state index contributed by atoms with van der Waals surface area (Å²) in [5, 5.41) is 3.23. The van der Waals surface area contributed by atoms with Crippen molar-refractivity contribution in [3.05, 3.63) is 35.4 Å². The lowest BCUT2D eigenvalue weighted by atomic mass is 9.99. The van der Waals surface area contributed by atoms with Crippen molar-refractivity contribution in [2.45, 2.75) is 45.3 Å². The van der Waals surface area contributed by atoms with Crippen LogP contribution in [0.3, 0.4) is 0 Å². The van der Waals surface area contributed by atoms with Gasteiger partial charge in [0.05, 0.1) is 12.6 Å². The average Bonchev–Trinajstić information content (AvgIpc) is 2.41. The molecule has 0 aliphatic rings. The minimum atomic E-state index is -4.28. The fraction of sp³-hybridized carbons (Fsp3) is 0.625. The van der Waals surface area contributed by atoms with Gasteiger partial charge in [-0.25, -0.2) is 0 Å². The molecule has 0 saturated heterocycles. The van der Waals surface area contributed by atoms with Crippen LogP contribution in [0.25, 0.3) is 0 Å². The number of halogens is 3. The summed E-state index contributed by atoms with van der Waals surface area (Å²) >= 11 is 0. The molecular weight excluding hydrogens is 279 g/mol. The molecule has 0 aliphatic carbocycles. The van der Waals surface area contributed by atoms with E-state index in [0.29, 0.717) is 5.92 Å². The van der Waals surface area contributed by atoms with Crippen molar-refractivity contribution < 1.29 is 17.9 Å². The maximum atomic E-state index is 12.2. The zero-order chi connectivity index (χ0) is 15.9. The molecule has 0 heterocycles. The summed E-state index contributed by atoms with van der Waals surface area (Å²) < 4.78 is 41.3. The number of alkyl halides is 3. The Morgan fingerprint density at radius 1 is 1.10 bits per heavy atom. The van der Waals surface area contributed by atoms with Crippen LogP contribution < -0.4 is 5.32 Å². The van der Waals surface area contributed by atoms with Gasteiger partial charge in [0.2, 0.25) is 0 Å². The van der Waals surface area contributed by atoms with Gasteiger partial charge < -0.3 is 10.1 Å². The number of nitrogens with one attached hydrogen (secondary N) is 1. The van der Waals surface area contributed by atoms with E-state index in [9.17, 15) is 13.2 Å². The van der Waals surface area contributed by atoms with Crippen LogP contribution in [0.5, 0.6) is 0 Å². The summed E-state index contributed by atoms with van der Waals surface area (Å²) in [6.45, 7) is 5.78. The molecule has 0 saturated carbocycles. The Balaban J connectivity index is 2.67. The fourth-order valence-corrected chi connectivity index (χ4v) is 2.00. The molecule has 0 radical (unpaired) electrons. The molecule has 0 amide bonds. The first kappa shape index (κ1) is 18.0.